The molecule has 0 saturated heterocycles. The first kappa shape index (κ1) is 16.0. The Morgan fingerprint density at radius 1 is 1.17 bits per heavy atom. The number of hydrogen-bond donors (Lipinski definition) is 1. The average Bonchev–Trinajstić information content (AvgIpc) is 2.28. The van der Waals surface area contributed by atoms with Gasteiger partial charge in [0.15, 0.2) is 0 Å². The topological polar surface area (TPSA) is 15.3 Å². The van der Waals surface area contributed by atoms with Gasteiger partial charge in [0.1, 0.15) is 0 Å². The van der Waals surface area contributed by atoms with Crippen molar-refractivity contribution in [1.82, 2.24) is 10.2 Å². The lowest BCUT2D eigenvalue weighted by atomic mass is 9.78. The lowest BCUT2D eigenvalue weighted by Crippen LogP contribution is -2.47. The van der Waals surface area contributed by atoms with Gasteiger partial charge in [0, 0.05) is 18.6 Å². The molecule has 1 aliphatic rings. The molecule has 0 heterocycles. The van der Waals surface area contributed by atoms with E-state index in [0.717, 1.165) is 30.3 Å². The number of hydrogen-bond acceptors (Lipinski definition) is 2. The molecule has 0 bridgehead atoms. The number of rotatable bonds is 6. The Morgan fingerprint density at radius 3 is 2.39 bits per heavy atom. The van der Waals surface area contributed by atoms with Crippen molar-refractivity contribution in [2.24, 2.45) is 17.8 Å². The van der Waals surface area contributed by atoms with Gasteiger partial charge in [-0.25, -0.2) is 0 Å². The van der Waals surface area contributed by atoms with Crippen LogP contribution in [0.1, 0.15) is 53.4 Å². The lowest BCUT2D eigenvalue weighted by Gasteiger charge is -2.36. The van der Waals surface area contributed by atoms with Crippen LogP contribution in [0.5, 0.6) is 0 Å². The van der Waals surface area contributed by atoms with E-state index < -0.39 is 0 Å². The molecule has 4 unspecified atom stereocenters. The molecule has 18 heavy (non-hydrogen) atoms. The smallest absolute Gasteiger partial charge is 0.0217 e. The summed E-state index contributed by atoms with van der Waals surface area (Å²) in [6.07, 6.45) is 5.48. The summed E-state index contributed by atoms with van der Waals surface area (Å²) >= 11 is 0. The monoisotopic (exact) mass is 254 g/mol. The fourth-order valence-electron chi connectivity index (χ4n) is 3.18. The predicted octanol–water partition coefficient (Wildman–Crippen LogP) is 3.38. The molecule has 2 nitrogen and oxygen atoms in total. The second-order valence-corrected chi connectivity index (χ2v) is 7.03. The molecule has 0 aromatic heterocycles. The van der Waals surface area contributed by atoms with Crippen LogP contribution in [-0.2, 0) is 0 Å². The molecule has 0 spiro atoms. The lowest BCUT2D eigenvalue weighted by molar-refractivity contribution is 0.181. The van der Waals surface area contributed by atoms with Gasteiger partial charge in [-0.15, -0.1) is 0 Å². The molecule has 4 atom stereocenters. The molecule has 1 N–H and O–H groups in total. The largest absolute Gasteiger partial charge is 0.312 e. The third kappa shape index (κ3) is 4.89. The van der Waals surface area contributed by atoms with E-state index in [4.69, 9.17) is 0 Å². The maximum absolute atomic E-state index is 3.85. The van der Waals surface area contributed by atoms with Gasteiger partial charge in [-0.3, -0.25) is 0 Å². The summed E-state index contributed by atoms with van der Waals surface area (Å²) in [7, 11) is 4.42. The normalized spacial score (nSPS) is 31.0. The molecule has 108 valence electrons. The van der Waals surface area contributed by atoms with Gasteiger partial charge >= 0.3 is 0 Å². The van der Waals surface area contributed by atoms with Crippen LogP contribution in [0.15, 0.2) is 0 Å². The minimum atomic E-state index is 0.675. The highest BCUT2D eigenvalue weighted by Crippen LogP contribution is 2.29. The molecule has 1 aliphatic carbocycles. The van der Waals surface area contributed by atoms with Crippen LogP contribution in [0, 0.1) is 17.8 Å². The predicted molar refractivity (Wildman–Crippen MR) is 80.9 cm³/mol. The highest BCUT2D eigenvalue weighted by atomic mass is 15.1. The van der Waals surface area contributed by atoms with Crippen LogP contribution in [0.4, 0.5) is 0 Å². The third-order valence-corrected chi connectivity index (χ3v) is 4.80. The van der Waals surface area contributed by atoms with Gasteiger partial charge in [0.25, 0.3) is 0 Å². The highest BCUT2D eigenvalue weighted by Gasteiger charge is 2.27. The Balaban J connectivity index is 2.41. The SMILES string of the molecule is CC(C)CC(CNC1CCCC(C)C1C)N(C)C. The molecule has 2 heteroatoms. The van der Waals surface area contributed by atoms with Gasteiger partial charge in [-0.1, -0.05) is 40.5 Å². The van der Waals surface area contributed by atoms with Crippen molar-refractivity contribution < 1.29 is 0 Å². The molecule has 0 radical (unpaired) electrons. The quantitative estimate of drug-likeness (QED) is 0.782. The van der Waals surface area contributed by atoms with Crippen molar-refractivity contribution >= 4 is 0 Å². The van der Waals surface area contributed by atoms with E-state index in [-0.39, 0.29) is 0 Å². The Morgan fingerprint density at radius 2 is 1.83 bits per heavy atom. The van der Waals surface area contributed by atoms with Crippen molar-refractivity contribution in [1.29, 1.82) is 0 Å². The molecule has 1 rings (SSSR count). The first-order valence-electron chi connectivity index (χ1n) is 7.81. The molecule has 1 fully saturated rings. The van der Waals surface area contributed by atoms with Crippen LogP contribution in [0.3, 0.4) is 0 Å². The summed E-state index contributed by atoms with van der Waals surface area (Å²) in [6, 6.07) is 1.41. The third-order valence-electron chi connectivity index (χ3n) is 4.80. The van der Waals surface area contributed by atoms with E-state index in [1.165, 1.54) is 25.7 Å². The fraction of sp³-hybridized carbons (Fsp3) is 1.00. The van der Waals surface area contributed by atoms with Gasteiger partial charge < -0.3 is 10.2 Å². The first-order valence-corrected chi connectivity index (χ1v) is 7.81. The van der Waals surface area contributed by atoms with Crippen LogP contribution in [-0.4, -0.2) is 37.6 Å². The van der Waals surface area contributed by atoms with E-state index in [0.29, 0.717) is 6.04 Å². The standard InChI is InChI=1S/C16H34N2/c1-12(2)10-15(18(5)6)11-17-16-9-7-8-13(3)14(16)4/h12-17H,7-11H2,1-6H3. The second-order valence-electron chi connectivity index (χ2n) is 7.03. The molecule has 0 aliphatic heterocycles. The van der Waals surface area contributed by atoms with E-state index in [1.807, 2.05) is 0 Å². The van der Waals surface area contributed by atoms with Gasteiger partial charge in [-0.2, -0.15) is 0 Å². The number of likely N-dealkylation sites (N-methyl/N-ethyl adjacent to an activating group) is 1. The molecule has 0 aromatic rings. The summed E-state index contributed by atoms with van der Waals surface area (Å²) in [5.74, 6) is 2.50. The van der Waals surface area contributed by atoms with Crippen molar-refractivity contribution in [3.05, 3.63) is 0 Å². The minimum Gasteiger partial charge on any atom is -0.312 e. The van der Waals surface area contributed by atoms with Gasteiger partial charge in [0.2, 0.25) is 0 Å². The molecular weight excluding hydrogens is 220 g/mol. The minimum absolute atomic E-state index is 0.675. The van der Waals surface area contributed by atoms with Crippen LogP contribution >= 0.6 is 0 Å². The Labute approximate surface area is 115 Å². The van der Waals surface area contributed by atoms with Crippen molar-refractivity contribution in [3.63, 3.8) is 0 Å². The van der Waals surface area contributed by atoms with Crippen molar-refractivity contribution in [2.75, 3.05) is 20.6 Å². The Hall–Kier alpha value is -0.0800. The maximum Gasteiger partial charge on any atom is 0.0217 e. The van der Waals surface area contributed by atoms with Crippen LogP contribution in [0.25, 0.3) is 0 Å². The summed E-state index contributed by atoms with van der Waals surface area (Å²) in [6.45, 7) is 10.6. The second kappa shape index (κ2) is 7.49. The molecule has 1 saturated carbocycles. The zero-order valence-corrected chi connectivity index (χ0v) is 13.4. The summed E-state index contributed by atoms with van der Waals surface area (Å²) in [5, 5.41) is 3.85. The van der Waals surface area contributed by atoms with Crippen molar-refractivity contribution in [2.45, 2.75) is 65.5 Å². The van der Waals surface area contributed by atoms with Crippen LogP contribution < -0.4 is 5.32 Å². The van der Waals surface area contributed by atoms with Crippen molar-refractivity contribution in [3.8, 4) is 0 Å². The molecular formula is C16H34N2. The first-order chi connectivity index (χ1) is 8.41. The summed E-state index contributed by atoms with van der Waals surface area (Å²) in [4.78, 5) is 2.38. The zero-order chi connectivity index (χ0) is 13.7. The van der Waals surface area contributed by atoms with Gasteiger partial charge in [-0.05, 0) is 44.7 Å². The Bertz CT molecular complexity index is 223. The van der Waals surface area contributed by atoms with E-state index in [2.05, 4.69) is 52.0 Å². The van der Waals surface area contributed by atoms with E-state index in [1.54, 1.807) is 0 Å². The highest BCUT2D eigenvalue weighted by molar-refractivity contribution is 4.84. The van der Waals surface area contributed by atoms with Crippen LogP contribution in [0.2, 0.25) is 0 Å². The number of nitrogens with one attached hydrogen (secondary N) is 1. The average molecular weight is 254 g/mol. The Kier molecular flexibility index (Phi) is 6.65. The molecule has 0 aromatic carbocycles. The molecule has 0 amide bonds. The zero-order valence-electron chi connectivity index (χ0n) is 13.4. The van der Waals surface area contributed by atoms with Gasteiger partial charge in [0.05, 0.1) is 0 Å². The summed E-state index contributed by atoms with van der Waals surface area (Å²) < 4.78 is 0. The fourth-order valence-corrected chi connectivity index (χ4v) is 3.18. The summed E-state index contributed by atoms with van der Waals surface area (Å²) in [5.41, 5.74) is 0. The maximum atomic E-state index is 3.85. The van der Waals surface area contributed by atoms with E-state index >= 15 is 0 Å². The number of nitrogens with zero attached hydrogens (tertiary/aromatic N) is 1. The van der Waals surface area contributed by atoms with E-state index in [9.17, 15) is 0 Å².